The lowest BCUT2D eigenvalue weighted by atomic mass is 10.1. The Morgan fingerprint density at radius 2 is 1.49 bits per heavy atom. The molecule has 4 aromatic rings. The number of aromatic nitrogens is 2. The lowest BCUT2D eigenvalue weighted by molar-refractivity contribution is -0.136. The number of hydrogen-bond acceptors (Lipinski definition) is 4. The van der Waals surface area contributed by atoms with E-state index in [0.29, 0.717) is 17.2 Å². The quantitative estimate of drug-likeness (QED) is 0.304. The molecule has 37 heavy (non-hydrogen) atoms. The van der Waals surface area contributed by atoms with Gasteiger partial charge in [0.05, 0.1) is 10.9 Å². The first-order chi connectivity index (χ1) is 17.6. The highest BCUT2D eigenvalue weighted by Crippen LogP contribution is 2.34. The summed E-state index contributed by atoms with van der Waals surface area (Å²) >= 11 is 0. The number of para-hydroxylation sites is 2. The van der Waals surface area contributed by atoms with Gasteiger partial charge in [0.15, 0.2) is 11.1 Å². The van der Waals surface area contributed by atoms with E-state index in [-0.39, 0.29) is 5.65 Å². The summed E-state index contributed by atoms with van der Waals surface area (Å²) in [5.41, 5.74) is -0.540. The average Bonchev–Trinajstić information content (AvgIpc) is 2.89. The van der Waals surface area contributed by atoms with Crippen molar-refractivity contribution < 1.29 is 18.0 Å². The number of unbranched alkanes of at least 4 members (excludes halogenated alkanes) is 1. The maximum atomic E-state index is 13.5. The van der Waals surface area contributed by atoms with Crippen LogP contribution in [0.25, 0.3) is 16.7 Å². The van der Waals surface area contributed by atoms with Crippen LogP contribution in [0.4, 0.5) is 24.7 Å². The van der Waals surface area contributed by atoms with Crippen LogP contribution >= 0.6 is 0 Å². The number of carbonyl (C=O) groups is 1. The van der Waals surface area contributed by atoms with Gasteiger partial charge in [-0.2, -0.15) is 13.2 Å². The SMILES string of the molecule is CCCC.CN(C)C=O.O=c1cc(Nc2ccccc2)n(-c2ccccc2)c2nccc(C(F)(F)F)c12. The highest BCUT2D eigenvalue weighted by molar-refractivity contribution is 5.84. The van der Waals surface area contributed by atoms with E-state index in [2.05, 4.69) is 24.1 Å². The molecule has 0 aliphatic heterocycles. The van der Waals surface area contributed by atoms with Gasteiger partial charge in [-0.3, -0.25) is 14.2 Å². The molecule has 0 bridgehead atoms. The van der Waals surface area contributed by atoms with Gasteiger partial charge in [-0.15, -0.1) is 0 Å². The van der Waals surface area contributed by atoms with Gasteiger partial charge < -0.3 is 10.2 Å². The second-order valence-corrected chi connectivity index (χ2v) is 8.18. The molecule has 0 unspecified atom stereocenters. The molecule has 2 heterocycles. The molecule has 0 atom stereocenters. The molecule has 0 fully saturated rings. The van der Waals surface area contributed by atoms with E-state index in [4.69, 9.17) is 0 Å². The van der Waals surface area contributed by atoms with Crippen molar-refractivity contribution in [2.75, 3.05) is 19.4 Å². The Morgan fingerprint density at radius 3 is 1.97 bits per heavy atom. The van der Waals surface area contributed by atoms with E-state index in [1.54, 1.807) is 56.6 Å². The zero-order chi connectivity index (χ0) is 27.4. The number of halogens is 3. The monoisotopic (exact) mass is 512 g/mol. The number of nitrogens with zero attached hydrogens (tertiary/aromatic N) is 3. The number of carbonyl (C=O) groups excluding carboxylic acids is 1. The van der Waals surface area contributed by atoms with Crippen molar-refractivity contribution in [1.29, 1.82) is 0 Å². The van der Waals surface area contributed by atoms with Crippen LogP contribution in [-0.4, -0.2) is 35.0 Å². The van der Waals surface area contributed by atoms with Gasteiger partial charge in [0.25, 0.3) is 0 Å². The fourth-order valence-corrected chi connectivity index (χ4v) is 3.07. The van der Waals surface area contributed by atoms with Crippen LogP contribution < -0.4 is 10.7 Å². The maximum Gasteiger partial charge on any atom is 0.417 e. The first kappa shape index (κ1) is 29.1. The molecule has 196 valence electrons. The Morgan fingerprint density at radius 1 is 0.946 bits per heavy atom. The van der Waals surface area contributed by atoms with Crippen molar-refractivity contribution in [2.45, 2.75) is 32.9 Å². The Hall–Kier alpha value is -4.14. The smallest absolute Gasteiger partial charge is 0.351 e. The van der Waals surface area contributed by atoms with E-state index < -0.39 is 22.6 Å². The molecule has 6 nitrogen and oxygen atoms in total. The van der Waals surface area contributed by atoms with Crippen LogP contribution in [0.2, 0.25) is 0 Å². The van der Waals surface area contributed by atoms with Gasteiger partial charge in [-0.25, -0.2) is 4.98 Å². The molecule has 4 rings (SSSR count). The molecule has 0 saturated heterocycles. The van der Waals surface area contributed by atoms with Crippen molar-refractivity contribution in [2.24, 2.45) is 0 Å². The number of rotatable bonds is 5. The second kappa shape index (κ2) is 13.8. The number of nitrogens with one attached hydrogen (secondary N) is 1. The predicted octanol–water partition coefficient (Wildman–Crippen LogP) is 6.66. The predicted molar refractivity (Wildman–Crippen MR) is 142 cm³/mol. The summed E-state index contributed by atoms with van der Waals surface area (Å²) in [5, 5.41) is 2.64. The van der Waals surface area contributed by atoms with E-state index in [0.717, 1.165) is 18.7 Å². The van der Waals surface area contributed by atoms with Crippen molar-refractivity contribution in [3.05, 3.63) is 94.8 Å². The summed E-state index contributed by atoms with van der Waals surface area (Å²) in [6, 6.07) is 19.8. The number of amides is 1. The van der Waals surface area contributed by atoms with Gasteiger partial charge in [0.1, 0.15) is 5.82 Å². The molecule has 1 N–H and O–H groups in total. The minimum absolute atomic E-state index is 0.0630. The molecule has 1 amide bonds. The number of alkyl halides is 3. The zero-order valence-electron chi connectivity index (χ0n) is 21.3. The van der Waals surface area contributed by atoms with Crippen LogP contribution in [-0.2, 0) is 11.0 Å². The molecule has 0 saturated carbocycles. The third-order valence-electron chi connectivity index (χ3n) is 4.97. The number of hydrogen-bond donors (Lipinski definition) is 1. The number of anilines is 2. The van der Waals surface area contributed by atoms with Crippen molar-refractivity contribution in [1.82, 2.24) is 14.5 Å². The normalized spacial score (nSPS) is 10.5. The summed E-state index contributed by atoms with van der Waals surface area (Å²) in [6.45, 7) is 4.36. The zero-order valence-corrected chi connectivity index (χ0v) is 21.3. The van der Waals surface area contributed by atoms with Crippen molar-refractivity contribution >= 4 is 28.9 Å². The average molecular weight is 513 g/mol. The summed E-state index contributed by atoms with van der Waals surface area (Å²) < 4.78 is 42.0. The van der Waals surface area contributed by atoms with E-state index in [9.17, 15) is 22.8 Å². The number of fused-ring (bicyclic) bond motifs is 1. The fraction of sp³-hybridized carbons (Fsp3) is 0.250. The Balaban J connectivity index is 0.000000464. The molecule has 2 aromatic heterocycles. The van der Waals surface area contributed by atoms with Gasteiger partial charge in [0, 0.05) is 37.7 Å². The van der Waals surface area contributed by atoms with E-state index in [1.165, 1.54) is 28.4 Å². The Bertz CT molecular complexity index is 1320. The van der Waals surface area contributed by atoms with Crippen molar-refractivity contribution in [3.63, 3.8) is 0 Å². The highest BCUT2D eigenvalue weighted by atomic mass is 19.4. The number of benzene rings is 2. The summed E-state index contributed by atoms with van der Waals surface area (Å²) in [7, 11) is 3.38. The molecule has 0 radical (unpaired) electrons. The maximum absolute atomic E-state index is 13.5. The van der Waals surface area contributed by atoms with Gasteiger partial charge >= 0.3 is 6.18 Å². The largest absolute Gasteiger partial charge is 0.417 e. The topological polar surface area (TPSA) is 67.2 Å². The number of pyridine rings is 2. The van der Waals surface area contributed by atoms with E-state index in [1.807, 2.05) is 18.2 Å². The minimum Gasteiger partial charge on any atom is -0.351 e. The van der Waals surface area contributed by atoms with Gasteiger partial charge in [-0.05, 0) is 30.3 Å². The summed E-state index contributed by atoms with van der Waals surface area (Å²) in [6.07, 6.45) is -0.209. The van der Waals surface area contributed by atoms with Crippen LogP contribution in [0, 0.1) is 0 Å². The summed E-state index contributed by atoms with van der Waals surface area (Å²) in [5.74, 6) is 0.321. The van der Waals surface area contributed by atoms with Gasteiger partial charge in [-0.1, -0.05) is 63.1 Å². The van der Waals surface area contributed by atoms with E-state index >= 15 is 0 Å². The van der Waals surface area contributed by atoms with Crippen LogP contribution in [0.3, 0.4) is 0 Å². The lowest BCUT2D eigenvalue weighted by Gasteiger charge is -2.19. The Kier molecular flexibility index (Phi) is 10.9. The molecular weight excluding hydrogens is 481 g/mol. The van der Waals surface area contributed by atoms with Crippen LogP contribution in [0.5, 0.6) is 0 Å². The molecule has 0 aliphatic carbocycles. The summed E-state index contributed by atoms with van der Waals surface area (Å²) in [4.78, 5) is 27.6. The second-order valence-electron chi connectivity index (χ2n) is 8.18. The van der Waals surface area contributed by atoms with Crippen LogP contribution in [0.15, 0.2) is 83.8 Å². The molecule has 9 heteroatoms. The molecule has 0 spiro atoms. The first-order valence-corrected chi connectivity index (χ1v) is 11.7. The fourth-order valence-electron chi connectivity index (χ4n) is 3.07. The standard InChI is InChI=1S/C21H14F3N3O.C4H10.C3H7NO/c22-21(23,24)16-11-12-25-20-19(16)17(28)13-18(26-14-7-3-1-4-8-14)27(20)15-9-5-2-6-10-15;1-3-4-2;1-4(2)3-5/h1-13,26H;3-4H2,1-2H3;3H,1-2H3. The van der Waals surface area contributed by atoms with Gasteiger partial charge in [0.2, 0.25) is 6.41 Å². The third-order valence-corrected chi connectivity index (χ3v) is 4.97. The third kappa shape index (κ3) is 8.20. The lowest BCUT2D eigenvalue weighted by Crippen LogP contribution is -2.18. The molecule has 2 aromatic carbocycles. The minimum atomic E-state index is -4.66. The Labute approximate surface area is 214 Å². The first-order valence-electron chi connectivity index (χ1n) is 11.7. The van der Waals surface area contributed by atoms with Crippen molar-refractivity contribution in [3.8, 4) is 5.69 Å². The highest BCUT2D eigenvalue weighted by Gasteiger charge is 2.34. The molecular formula is C28H31F3N4O2. The molecule has 0 aliphatic rings. The van der Waals surface area contributed by atoms with Crippen LogP contribution in [0.1, 0.15) is 32.3 Å².